The molecule has 1 aromatic heterocycles. The van der Waals surface area contributed by atoms with Crippen LogP contribution in [0.3, 0.4) is 0 Å². The Balaban J connectivity index is 1.75. The SMILES string of the molecule is COc1cc(C=Nn2c(C(C)(C)C)nc3ccc(Br)cc3c2=O)cc(OC)c1OCc1ccccc1. The Morgan fingerprint density at radius 1 is 1.00 bits per heavy atom. The van der Waals surface area contributed by atoms with Gasteiger partial charge in [-0.25, -0.2) is 4.98 Å². The van der Waals surface area contributed by atoms with Crippen LogP contribution in [0.15, 0.2) is 75.0 Å². The average molecular weight is 550 g/mol. The molecule has 0 N–H and O–H groups in total. The zero-order chi connectivity index (χ0) is 25.9. The van der Waals surface area contributed by atoms with Crippen molar-refractivity contribution in [3.63, 3.8) is 0 Å². The van der Waals surface area contributed by atoms with Gasteiger partial charge in [0.15, 0.2) is 11.5 Å². The van der Waals surface area contributed by atoms with E-state index in [1.807, 2.05) is 63.2 Å². The predicted octanol–water partition coefficient (Wildman–Crippen LogP) is 5.93. The van der Waals surface area contributed by atoms with Crippen LogP contribution in [-0.4, -0.2) is 30.1 Å². The summed E-state index contributed by atoms with van der Waals surface area (Å²) in [6, 6.07) is 18.9. The monoisotopic (exact) mass is 549 g/mol. The molecule has 0 aliphatic heterocycles. The molecule has 0 atom stereocenters. The number of aromatic nitrogens is 2. The van der Waals surface area contributed by atoms with Crippen LogP contribution >= 0.6 is 15.9 Å². The number of halogens is 1. The minimum absolute atomic E-state index is 0.246. The van der Waals surface area contributed by atoms with Crippen LogP contribution in [0, 0.1) is 0 Å². The van der Waals surface area contributed by atoms with Crippen molar-refractivity contribution in [2.75, 3.05) is 14.2 Å². The third-order valence-corrected chi connectivity index (χ3v) is 6.00. The molecule has 4 rings (SSSR count). The summed E-state index contributed by atoms with van der Waals surface area (Å²) in [4.78, 5) is 18.2. The van der Waals surface area contributed by atoms with Crippen molar-refractivity contribution in [3.05, 3.63) is 92.4 Å². The van der Waals surface area contributed by atoms with Gasteiger partial charge in [0.25, 0.3) is 5.56 Å². The maximum absolute atomic E-state index is 13.4. The molecule has 0 unspecified atom stereocenters. The van der Waals surface area contributed by atoms with Crippen LogP contribution in [0.25, 0.3) is 10.9 Å². The Morgan fingerprint density at radius 3 is 2.28 bits per heavy atom. The lowest BCUT2D eigenvalue weighted by Gasteiger charge is -2.21. The first-order valence-electron chi connectivity index (χ1n) is 11.4. The highest BCUT2D eigenvalue weighted by atomic mass is 79.9. The standard InChI is InChI=1S/C28H28BrN3O4/c1-28(2,3)27-31-22-12-11-20(29)15-21(22)26(33)32(27)30-16-19-13-23(34-4)25(24(14-19)35-5)36-17-18-9-7-6-8-10-18/h6-16H,17H2,1-5H3. The van der Waals surface area contributed by atoms with E-state index in [1.165, 1.54) is 4.68 Å². The normalized spacial score (nSPS) is 11.7. The maximum Gasteiger partial charge on any atom is 0.282 e. The minimum Gasteiger partial charge on any atom is -0.493 e. The quantitative estimate of drug-likeness (QED) is 0.267. The summed E-state index contributed by atoms with van der Waals surface area (Å²) >= 11 is 3.44. The lowest BCUT2D eigenvalue weighted by Crippen LogP contribution is -2.29. The molecule has 0 amide bonds. The van der Waals surface area contributed by atoms with E-state index in [2.05, 4.69) is 21.0 Å². The molecule has 7 nitrogen and oxygen atoms in total. The second-order valence-electron chi connectivity index (χ2n) is 9.24. The molecule has 8 heteroatoms. The van der Waals surface area contributed by atoms with Crippen LogP contribution in [0.1, 0.15) is 37.7 Å². The van der Waals surface area contributed by atoms with Gasteiger partial charge in [-0.1, -0.05) is 67.0 Å². The summed E-state index contributed by atoms with van der Waals surface area (Å²) in [6.07, 6.45) is 1.59. The first kappa shape index (κ1) is 25.4. The number of fused-ring (bicyclic) bond motifs is 1. The van der Waals surface area contributed by atoms with Gasteiger partial charge in [-0.2, -0.15) is 9.78 Å². The summed E-state index contributed by atoms with van der Waals surface area (Å²) < 4.78 is 19.4. The average Bonchev–Trinajstić information content (AvgIpc) is 2.86. The summed E-state index contributed by atoms with van der Waals surface area (Å²) in [5.74, 6) is 2.04. The molecule has 4 aromatic rings. The van der Waals surface area contributed by atoms with E-state index in [1.54, 1.807) is 38.6 Å². The van der Waals surface area contributed by atoms with Crippen molar-refractivity contribution in [3.8, 4) is 17.2 Å². The van der Waals surface area contributed by atoms with Crippen molar-refractivity contribution in [1.29, 1.82) is 0 Å². The van der Waals surface area contributed by atoms with E-state index in [9.17, 15) is 4.79 Å². The molecule has 0 aliphatic rings. The highest BCUT2D eigenvalue weighted by molar-refractivity contribution is 9.10. The number of methoxy groups -OCH3 is 2. The fourth-order valence-electron chi connectivity index (χ4n) is 3.71. The zero-order valence-electron chi connectivity index (χ0n) is 20.9. The first-order chi connectivity index (χ1) is 17.2. The Bertz CT molecular complexity index is 1450. The second kappa shape index (κ2) is 10.5. The predicted molar refractivity (Wildman–Crippen MR) is 146 cm³/mol. The van der Waals surface area contributed by atoms with Gasteiger partial charge in [0.05, 0.1) is 31.3 Å². The second-order valence-corrected chi connectivity index (χ2v) is 10.2. The Morgan fingerprint density at radius 2 is 1.67 bits per heavy atom. The fraction of sp³-hybridized carbons (Fsp3) is 0.250. The highest BCUT2D eigenvalue weighted by Crippen LogP contribution is 2.38. The number of nitrogens with zero attached hydrogens (tertiary/aromatic N) is 3. The highest BCUT2D eigenvalue weighted by Gasteiger charge is 2.23. The smallest absolute Gasteiger partial charge is 0.282 e. The van der Waals surface area contributed by atoms with E-state index in [-0.39, 0.29) is 5.56 Å². The van der Waals surface area contributed by atoms with Crippen LogP contribution in [0.5, 0.6) is 17.2 Å². The Labute approximate surface area is 218 Å². The molecule has 0 aliphatic carbocycles. The van der Waals surface area contributed by atoms with Gasteiger partial charge in [-0.15, -0.1) is 0 Å². The summed E-state index contributed by atoms with van der Waals surface area (Å²) in [5, 5.41) is 5.03. The molecular weight excluding hydrogens is 522 g/mol. The van der Waals surface area contributed by atoms with E-state index in [4.69, 9.17) is 19.2 Å². The molecular formula is C28H28BrN3O4. The zero-order valence-corrected chi connectivity index (χ0v) is 22.5. The molecule has 0 spiro atoms. The van der Waals surface area contributed by atoms with Crippen molar-refractivity contribution < 1.29 is 14.2 Å². The maximum atomic E-state index is 13.4. The van der Waals surface area contributed by atoms with Crippen molar-refractivity contribution in [1.82, 2.24) is 9.66 Å². The topological polar surface area (TPSA) is 74.9 Å². The largest absolute Gasteiger partial charge is 0.493 e. The van der Waals surface area contributed by atoms with Crippen LogP contribution in [0.4, 0.5) is 0 Å². The summed E-state index contributed by atoms with van der Waals surface area (Å²) in [6.45, 7) is 6.35. The molecule has 0 bridgehead atoms. The lowest BCUT2D eigenvalue weighted by molar-refractivity contribution is 0.266. The van der Waals surface area contributed by atoms with E-state index < -0.39 is 5.41 Å². The first-order valence-corrected chi connectivity index (χ1v) is 12.2. The number of rotatable bonds is 7. The van der Waals surface area contributed by atoms with E-state index >= 15 is 0 Å². The van der Waals surface area contributed by atoms with Gasteiger partial charge in [-0.05, 0) is 35.9 Å². The fourth-order valence-corrected chi connectivity index (χ4v) is 4.07. The molecule has 0 fully saturated rings. The van der Waals surface area contributed by atoms with Crippen LogP contribution < -0.4 is 19.8 Å². The summed E-state index contributed by atoms with van der Waals surface area (Å²) in [5.41, 5.74) is 1.67. The molecule has 0 saturated carbocycles. The molecule has 0 saturated heterocycles. The van der Waals surface area contributed by atoms with Crippen molar-refractivity contribution >= 4 is 33.0 Å². The molecule has 186 valence electrons. The number of hydrogen-bond acceptors (Lipinski definition) is 6. The van der Waals surface area contributed by atoms with Crippen molar-refractivity contribution in [2.45, 2.75) is 32.8 Å². The van der Waals surface area contributed by atoms with Gasteiger partial charge in [0.2, 0.25) is 5.75 Å². The molecule has 36 heavy (non-hydrogen) atoms. The molecule has 3 aromatic carbocycles. The van der Waals surface area contributed by atoms with Gasteiger partial charge < -0.3 is 14.2 Å². The number of benzene rings is 3. The van der Waals surface area contributed by atoms with Gasteiger partial charge >= 0.3 is 0 Å². The Hall–Kier alpha value is -3.65. The van der Waals surface area contributed by atoms with E-state index in [0.29, 0.717) is 46.1 Å². The minimum atomic E-state index is -0.414. The van der Waals surface area contributed by atoms with Gasteiger partial charge in [0, 0.05) is 15.5 Å². The van der Waals surface area contributed by atoms with Crippen LogP contribution in [0.2, 0.25) is 0 Å². The number of ether oxygens (including phenoxy) is 3. The number of hydrogen-bond donors (Lipinski definition) is 0. The van der Waals surface area contributed by atoms with Gasteiger partial charge in [0.1, 0.15) is 12.4 Å². The molecule has 1 heterocycles. The Kier molecular flexibility index (Phi) is 7.45. The van der Waals surface area contributed by atoms with E-state index in [0.717, 1.165) is 10.0 Å². The van der Waals surface area contributed by atoms with Crippen LogP contribution in [-0.2, 0) is 12.0 Å². The van der Waals surface area contributed by atoms with Gasteiger partial charge in [-0.3, -0.25) is 4.79 Å². The third kappa shape index (κ3) is 5.44. The third-order valence-electron chi connectivity index (χ3n) is 5.51. The summed E-state index contributed by atoms with van der Waals surface area (Å²) in [7, 11) is 3.14. The lowest BCUT2D eigenvalue weighted by atomic mass is 9.95. The van der Waals surface area contributed by atoms with Crippen molar-refractivity contribution in [2.24, 2.45) is 5.10 Å². The molecule has 0 radical (unpaired) electrons.